The number of benzene rings is 1. The van der Waals surface area contributed by atoms with Gasteiger partial charge in [0.05, 0.1) is 12.7 Å². The molecular weight excluding hydrogens is 351 g/mol. The number of pyridine rings is 1. The molecule has 9 heteroatoms. The molecule has 1 fully saturated rings. The van der Waals surface area contributed by atoms with Gasteiger partial charge in [-0.05, 0) is 31.0 Å². The van der Waals surface area contributed by atoms with Gasteiger partial charge in [-0.3, -0.25) is 0 Å². The first-order chi connectivity index (χ1) is 11.9. The number of aromatic nitrogens is 1. The lowest BCUT2D eigenvalue weighted by Gasteiger charge is -2.21. The van der Waals surface area contributed by atoms with Crippen LogP contribution < -0.4 is 9.04 Å². The molecule has 0 amide bonds. The van der Waals surface area contributed by atoms with Crippen molar-refractivity contribution >= 4 is 21.8 Å². The van der Waals surface area contributed by atoms with Crippen molar-refractivity contribution in [3.63, 3.8) is 0 Å². The van der Waals surface area contributed by atoms with Crippen molar-refractivity contribution < 1.29 is 27.1 Å². The smallest absolute Gasteiger partial charge is 0.339 e. The fraction of sp³-hybridized carbons (Fsp3) is 0.250. The molecule has 2 aromatic rings. The number of carbonyl (C=O) groups is 1. The van der Waals surface area contributed by atoms with Gasteiger partial charge in [-0.1, -0.05) is 0 Å². The third-order valence-corrected chi connectivity index (χ3v) is 5.87. The van der Waals surface area contributed by atoms with Crippen molar-refractivity contribution in [2.24, 2.45) is 0 Å². The quantitative estimate of drug-likeness (QED) is 0.761. The minimum Gasteiger partial charge on any atom is -0.465 e. The van der Waals surface area contributed by atoms with Gasteiger partial charge in [0, 0.05) is 18.3 Å². The summed E-state index contributed by atoms with van der Waals surface area (Å²) < 4.78 is 51.2. The van der Waals surface area contributed by atoms with Crippen LogP contribution in [0.2, 0.25) is 0 Å². The van der Waals surface area contributed by atoms with Gasteiger partial charge in [-0.15, -0.1) is 0 Å². The van der Waals surface area contributed by atoms with E-state index in [1.165, 1.54) is 25.4 Å². The number of sulfonamides is 1. The van der Waals surface area contributed by atoms with Crippen LogP contribution in [0.1, 0.15) is 23.2 Å². The predicted molar refractivity (Wildman–Crippen MR) is 84.7 cm³/mol. The molecule has 1 aliphatic carbocycles. The summed E-state index contributed by atoms with van der Waals surface area (Å²) in [5.74, 6) is -1.15. The maximum absolute atomic E-state index is 13.6. The van der Waals surface area contributed by atoms with Gasteiger partial charge in [0.25, 0.3) is 10.0 Å². The normalized spacial score (nSPS) is 17.8. The lowest BCUT2D eigenvalue weighted by atomic mass is 10.2. The molecule has 1 aromatic carbocycles. The van der Waals surface area contributed by atoms with Gasteiger partial charge in [-0.2, -0.15) is 0 Å². The molecule has 25 heavy (non-hydrogen) atoms. The second kappa shape index (κ2) is 5.41. The van der Waals surface area contributed by atoms with Gasteiger partial charge in [-0.25, -0.2) is 26.9 Å². The summed E-state index contributed by atoms with van der Waals surface area (Å²) >= 11 is 0. The number of nitrogens with zero attached hydrogens (tertiary/aromatic N) is 2. The van der Waals surface area contributed by atoms with E-state index in [2.05, 4.69) is 9.72 Å². The van der Waals surface area contributed by atoms with Crippen LogP contribution in [0.4, 0.5) is 10.2 Å². The summed E-state index contributed by atoms with van der Waals surface area (Å²) in [6.45, 7) is 0. The van der Waals surface area contributed by atoms with E-state index in [0.29, 0.717) is 12.8 Å². The zero-order chi connectivity index (χ0) is 17.8. The second-order valence-electron chi connectivity index (χ2n) is 5.76. The first-order valence-electron chi connectivity index (χ1n) is 7.52. The van der Waals surface area contributed by atoms with Crippen LogP contribution in [-0.4, -0.2) is 32.5 Å². The van der Waals surface area contributed by atoms with Crippen LogP contribution in [0.15, 0.2) is 35.4 Å². The summed E-state index contributed by atoms with van der Waals surface area (Å²) in [6, 6.07) is 4.38. The van der Waals surface area contributed by atoms with Crippen LogP contribution in [-0.2, 0) is 14.8 Å². The Morgan fingerprint density at radius 2 is 2.08 bits per heavy atom. The van der Waals surface area contributed by atoms with Gasteiger partial charge in [0.15, 0.2) is 11.6 Å². The highest BCUT2D eigenvalue weighted by Crippen LogP contribution is 2.46. The molecule has 1 aliphatic heterocycles. The van der Waals surface area contributed by atoms with Crippen molar-refractivity contribution in [3.8, 4) is 11.5 Å². The van der Waals surface area contributed by atoms with Gasteiger partial charge in [0.1, 0.15) is 16.5 Å². The third kappa shape index (κ3) is 2.51. The van der Waals surface area contributed by atoms with Crippen molar-refractivity contribution in [2.45, 2.75) is 23.8 Å². The van der Waals surface area contributed by atoms with E-state index in [1.54, 1.807) is 0 Å². The predicted octanol–water partition coefficient (Wildman–Crippen LogP) is 2.47. The Hall–Kier alpha value is -2.68. The van der Waals surface area contributed by atoms with E-state index < -0.39 is 21.8 Å². The zero-order valence-electron chi connectivity index (χ0n) is 13.1. The average Bonchev–Trinajstić information content (AvgIpc) is 3.41. The van der Waals surface area contributed by atoms with Gasteiger partial charge in [0.2, 0.25) is 0 Å². The van der Waals surface area contributed by atoms with E-state index in [-0.39, 0.29) is 33.8 Å². The number of esters is 1. The second-order valence-corrected chi connectivity index (χ2v) is 7.55. The zero-order valence-corrected chi connectivity index (χ0v) is 13.9. The molecule has 1 aromatic heterocycles. The van der Waals surface area contributed by atoms with Crippen LogP contribution in [0, 0.1) is 5.82 Å². The third-order valence-electron chi connectivity index (χ3n) is 4.00. The Morgan fingerprint density at radius 1 is 1.32 bits per heavy atom. The number of carbonyl (C=O) groups excluding carboxylic acids is 1. The molecule has 0 radical (unpaired) electrons. The SMILES string of the molecule is COC(=O)c1cnc2c(c1)Oc1ccc(F)cc1S(=O)(=O)N2C1CC1. The monoisotopic (exact) mass is 364 g/mol. The van der Waals surface area contributed by atoms with Crippen molar-refractivity contribution in [3.05, 3.63) is 41.8 Å². The molecule has 0 spiro atoms. The number of hydrogen-bond acceptors (Lipinski definition) is 6. The first-order valence-corrected chi connectivity index (χ1v) is 8.96. The van der Waals surface area contributed by atoms with Crippen LogP contribution in [0.5, 0.6) is 11.5 Å². The van der Waals surface area contributed by atoms with Crippen LogP contribution in [0.25, 0.3) is 0 Å². The van der Waals surface area contributed by atoms with E-state index in [1.807, 2.05) is 0 Å². The lowest BCUT2D eigenvalue weighted by Crippen LogP contribution is -2.33. The Labute approximate surface area is 143 Å². The maximum Gasteiger partial charge on any atom is 0.339 e. The van der Waals surface area contributed by atoms with Crippen molar-refractivity contribution in [1.82, 2.24) is 4.98 Å². The molecule has 0 bridgehead atoms. The highest BCUT2D eigenvalue weighted by molar-refractivity contribution is 7.93. The number of ether oxygens (including phenoxy) is 2. The summed E-state index contributed by atoms with van der Waals surface area (Å²) in [5, 5.41) is 0. The molecular formula is C16H13FN2O5S. The van der Waals surface area contributed by atoms with E-state index in [9.17, 15) is 17.6 Å². The molecule has 130 valence electrons. The number of anilines is 1. The minimum absolute atomic E-state index is 0.0189. The molecule has 4 rings (SSSR count). The molecule has 7 nitrogen and oxygen atoms in total. The highest BCUT2D eigenvalue weighted by Gasteiger charge is 2.44. The Kier molecular flexibility index (Phi) is 3.43. The summed E-state index contributed by atoms with van der Waals surface area (Å²) in [5.41, 5.74) is 0.125. The molecule has 0 atom stereocenters. The highest BCUT2D eigenvalue weighted by atomic mass is 32.2. The number of hydrogen-bond donors (Lipinski definition) is 0. The first kappa shape index (κ1) is 15.8. The van der Waals surface area contributed by atoms with Gasteiger partial charge >= 0.3 is 5.97 Å². The van der Waals surface area contributed by atoms with E-state index >= 15 is 0 Å². The number of halogens is 1. The van der Waals surface area contributed by atoms with E-state index in [0.717, 1.165) is 16.4 Å². The van der Waals surface area contributed by atoms with Gasteiger partial charge < -0.3 is 9.47 Å². The summed E-state index contributed by atoms with van der Waals surface area (Å²) in [6.07, 6.45) is 2.57. The fourth-order valence-corrected chi connectivity index (χ4v) is 4.50. The van der Waals surface area contributed by atoms with E-state index in [4.69, 9.17) is 4.74 Å². The Bertz CT molecular complexity index is 988. The van der Waals surface area contributed by atoms with Crippen LogP contribution in [0.3, 0.4) is 0 Å². The molecule has 2 aliphatic rings. The number of rotatable bonds is 2. The Balaban J connectivity index is 1.96. The summed E-state index contributed by atoms with van der Waals surface area (Å²) in [7, 11) is -2.81. The van der Waals surface area contributed by atoms with Crippen LogP contribution >= 0.6 is 0 Å². The molecule has 2 heterocycles. The molecule has 0 N–H and O–H groups in total. The lowest BCUT2D eigenvalue weighted by molar-refractivity contribution is 0.0600. The topological polar surface area (TPSA) is 85.8 Å². The van der Waals surface area contributed by atoms with Crippen molar-refractivity contribution in [2.75, 3.05) is 11.4 Å². The maximum atomic E-state index is 13.6. The Morgan fingerprint density at radius 3 is 2.76 bits per heavy atom. The largest absolute Gasteiger partial charge is 0.465 e. The average molecular weight is 364 g/mol. The standard InChI is InChI=1S/C16H13FN2O5S/c1-23-16(20)9-6-13-15(18-8-9)19(11-3-4-11)25(21,22)14-7-10(17)2-5-12(14)24-13/h2,5-8,11H,3-4H2,1H3. The molecule has 0 unspecified atom stereocenters. The number of fused-ring (bicyclic) bond motifs is 2. The summed E-state index contributed by atoms with van der Waals surface area (Å²) in [4.78, 5) is 15.6. The fourth-order valence-electron chi connectivity index (χ4n) is 2.69. The molecule has 1 saturated carbocycles. The number of methoxy groups -OCH3 is 1. The molecule has 0 saturated heterocycles. The minimum atomic E-state index is -4.04. The van der Waals surface area contributed by atoms with Crippen molar-refractivity contribution in [1.29, 1.82) is 0 Å².